The van der Waals surface area contributed by atoms with Gasteiger partial charge >= 0.3 is 35.0 Å². The summed E-state index contributed by atoms with van der Waals surface area (Å²) in [7, 11) is 9.63. The van der Waals surface area contributed by atoms with E-state index in [0.717, 1.165) is 0 Å². The van der Waals surface area contributed by atoms with Gasteiger partial charge in [-0.1, -0.05) is 12.3 Å². The van der Waals surface area contributed by atoms with Gasteiger partial charge in [-0.3, -0.25) is 12.2 Å². The van der Waals surface area contributed by atoms with Crippen LogP contribution >= 0.6 is 19.1 Å². The molecule has 60 valence electrons. The van der Waals surface area contributed by atoms with Crippen LogP contribution in [0.25, 0.3) is 0 Å². The Bertz CT molecular complexity index is 126. The first-order valence-corrected chi connectivity index (χ1v) is 6.88. The van der Waals surface area contributed by atoms with Crippen molar-refractivity contribution in [3.63, 3.8) is 0 Å². The molecule has 0 saturated heterocycles. The monoisotopic (exact) mass is 266 g/mol. The third kappa shape index (κ3) is 2.40. The van der Waals surface area contributed by atoms with E-state index in [1.165, 1.54) is 6.42 Å². The van der Waals surface area contributed by atoms with Crippen LogP contribution in [0.15, 0.2) is 12.2 Å². The maximum absolute atomic E-state index is 4.81. The third-order valence-electron chi connectivity index (χ3n) is 1.53. The summed E-state index contributed by atoms with van der Waals surface area (Å²) < 4.78 is 0. The number of halogens is 2. The van der Waals surface area contributed by atoms with Crippen LogP contribution in [0, 0.1) is 24.0 Å². The fourth-order valence-electron chi connectivity index (χ4n) is 1.12. The van der Waals surface area contributed by atoms with Gasteiger partial charge in [0.1, 0.15) is 0 Å². The van der Waals surface area contributed by atoms with Crippen LogP contribution in [0.1, 0.15) is 6.42 Å². The first-order valence-electron chi connectivity index (χ1n) is 2.88. The molecule has 0 atom stereocenters. The molecule has 0 heterocycles. The maximum atomic E-state index is 4.81. The molecule has 2 aliphatic rings. The van der Waals surface area contributed by atoms with Crippen LogP contribution in [-0.2, 0) is 15.9 Å². The topological polar surface area (TPSA) is 0 Å². The van der Waals surface area contributed by atoms with Crippen molar-refractivity contribution in [2.45, 2.75) is 6.42 Å². The molecular formula is C7H6Cl2Pd-2. The molecule has 2 rings (SSSR count). The van der Waals surface area contributed by atoms with E-state index in [9.17, 15) is 0 Å². The molecule has 2 aliphatic carbocycles. The molecule has 0 amide bonds. The van der Waals surface area contributed by atoms with Gasteiger partial charge in [0, 0.05) is 0 Å². The van der Waals surface area contributed by atoms with Crippen molar-refractivity contribution in [1.29, 1.82) is 0 Å². The van der Waals surface area contributed by atoms with E-state index in [4.69, 9.17) is 19.1 Å². The van der Waals surface area contributed by atoms with Crippen molar-refractivity contribution < 1.29 is 15.9 Å². The van der Waals surface area contributed by atoms with Crippen molar-refractivity contribution in [2.24, 2.45) is 11.8 Å². The molecule has 0 N–H and O–H groups in total. The van der Waals surface area contributed by atoms with E-state index < -0.39 is 0 Å². The summed E-state index contributed by atoms with van der Waals surface area (Å²) in [5.74, 6) is 1.26. The Balaban J connectivity index is 0.000000148. The Kier molecular flexibility index (Phi) is 4.03. The van der Waals surface area contributed by atoms with E-state index in [0.29, 0.717) is 11.8 Å². The molecule has 0 aliphatic heterocycles. The fourth-order valence-corrected chi connectivity index (χ4v) is 1.12. The van der Waals surface area contributed by atoms with Crippen LogP contribution in [0.5, 0.6) is 0 Å². The van der Waals surface area contributed by atoms with Gasteiger partial charge in [-0.2, -0.15) is 0 Å². The Morgan fingerprint density at radius 3 is 1.90 bits per heavy atom. The molecule has 0 spiro atoms. The number of rotatable bonds is 0. The molecule has 10 heavy (non-hydrogen) atoms. The Labute approximate surface area is 77.4 Å². The van der Waals surface area contributed by atoms with Gasteiger partial charge in [0.15, 0.2) is 0 Å². The summed E-state index contributed by atoms with van der Waals surface area (Å²) >= 11 is -0.106. The number of hydrogen-bond acceptors (Lipinski definition) is 0. The zero-order chi connectivity index (χ0) is 7.40. The predicted octanol–water partition coefficient (Wildman–Crippen LogP) is 2.73. The molecule has 0 saturated carbocycles. The van der Waals surface area contributed by atoms with Gasteiger partial charge in [-0.05, 0) is 0 Å². The van der Waals surface area contributed by atoms with Crippen molar-refractivity contribution in [3.8, 4) is 0 Å². The summed E-state index contributed by atoms with van der Waals surface area (Å²) in [6, 6.07) is 0. The van der Waals surface area contributed by atoms with Crippen LogP contribution in [0.4, 0.5) is 0 Å². The third-order valence-corrected chi connectivity index (χ3v) is 1.53. The molecule has 0 nitrogen and oxygen atoms in total. The molecule has 0 unspecified atom stereocenters. The van der Waals surface area contributed by atoms with Gasteiger partial charge in [0.2, 0.25) is 0 Å². The predicted molar refractivity (Wildman–Crippen MR) is 38.9 cm³/mol. The van der Waals surface area contributed by atoms with Gasteiger partial charge < -0.3 is 18.1 Å². The van der Waals surface area contributed by atoms with Crippen LogP contribution < -0.4 is 0 Å². The van der Waals surface area contributed by atoms with E-state index in [2.05, 4.69) is 24.3 Å². The zero-order valence-corrected chi connectivity index (χ0v) is 8.16. The van der Waals surface area contributed by atoms with Gasteiger partial charge in [-0.25, -0.2) is 0 Å². The molecular weight excluding hydrogens is 261 g/mol. The van der Waals surface area contributed by atoms with E-state index in [1.54, 1.807) is 0 Å². The van der Waals surface area contributed by atoms with E-state index in [1.807, 2.05) is 0 Å². The Morgan fingerprint density at radius 1 is 1.30 bits per heavy atom. The van der Waals surface area contributed by atoms with Crippen LogP contribution in [-0.4, -0.2) is 0 Å². The molecule has 0 aromatic heterocycles. The van der Waals surface area contributed by atoms with E-state index in [-0.39, 0.29) is 15.9 Å². The van der Waals surface area contributed by atoms with Gasteiger partial charge in [-0.15, -0.1) is 0 Å². The van der Waals surface area contributed by atoms with Crippen LogP contribution in [0.2, 0.25) is 0 Å². The summed E-state index contributed by atoms with van der Waals surface area (Å²) in [6.45, 7) is 0. The van der Waals surface area contributed by atoms with Crippen molar-refractivity contribution in [2.75, 3.05) is 0 Å². The van der Waals surface area contributed by atoms with Crippen molar-refractivity contribution >= 4 is 19.1 Å². The second kappa shape index (κ2) is 4.57. The first-order chi connectivity index (χ1) is 4.86. The molecule has 3 heteroatoms. The summed E-state index contributed by atoms with van der Waals surface area (Å²) in [6.07, 6.45) is 11.9. The van der Waals surface area contributed by atoms with Gasteiger partial charge in [0.25, 0.3) is 0 Å². The number of hydrogen-bond donors (Lipinski definition) is 0. The summed E-state index contributed by atoms with van der Waals surface area (Å²) in [5, 5.41) is 0. The minimum absolute atomic E-state index is 0.106. The molecule has 0 fully saturated rings. The quantitative estimate of drug-likeness (QED) is 0.468. The Hall–Kier alpha value is 0.722. The van der Waals surface area contributed by atoms with Crippen LogP contribution in [0.3, 0.4) is 0 Å². The van der Waals surface area contributed by atoms with Gasteiger partial charge in [0.05, 0.1) is 0 Å². The van der Waals surface area contributed by atoms with Crippen molar-refractivity contribution in [1.82, 2.24) is 0 Å². The van der Waals surface area contributed by atoms with E-state index >= 15 is 0 Å². The normalized spacial score (nSPS) is 32.6. The second-order valence-corrected chi connectivity index (χ2v) is 4.52. The zero-order valence-electron chi connectivity index (χ0n) is 5.09. The molecule has 0 aromatic carbocycles. The SMILES string of the molecule is [C-]1=CC2C=[C-]C1C2.[Cl][Pd][Cl]. The number of allylic oxidation sites excluding steroid dienone is 4. The average molecular weight is 267 g/mol. The summed E-state index contributed by atoms with van der Waals surface area (Å²) in [5.41, 5.74) is 0. The minimum atomic E-state index is -0.106. The molecule has 0 radical (unpaired) electrons. The molecule has 0 aromatic rings. The number of fused-ring (bicyclic) bond motifs is 2. The van der Waals surface area contributed by atoms with Crippen molar-refractivity contribution in [3.05, 3.63) is 24.3 Å². The standard InChI is InChI=1S/C7H6.2ClH.Pd/c1-2-7-4-3-6(1)5-7;;;/h1,3,6-7H,5H2;2*1H;/q-2;;;+2/p-2. The molecule has 2 bridgehead atoms. The average Bonchev–Trinajstić information content (AvgIpc) is 2.49. The summed E-state index contributed by atoms with van der Waals surface area (Å²) in [4.78, 5) is 0. The first kappa shape index (κ1) is 8.82. The fraction of sp³-hybridized carbons (Fsp3) is 0.429. The Morgan fingerprint density at radius 2 is 1.80 bits per heavy atom. The second-order valence-electron chi connectivity index (χ2n) is 2.16.